The Morgan fingerprint density at radius 3 is 2.67 bits per heavy atom. The highest BCUT2D eigenvalue weighted by Gasteiger charge is 2.02. The average molecular weight is 245 g/mol. The van der Waals surface area contributed by atoms with Gasteiger partial charge in [-0.1, -0.05) is 19.1 Å². The Labute approximate surface area is 107 Å². The zero-order valence-corrected chi connectivity index (χ0v) is 10.8. The van der Waals surface area contributed by atoms with Crippen molar-refractivity contribution in [2.75, 3.05) is 25.6 Å². The van der Waals surface area contributed by atoms with Crippen LogP contribution in [-0.4, -0.2) is 30.5 Å². The average Bonchev–Trinajstić information content (AvgIpc) is 2.91. The van der Waals surface area contributed by atoms with Crippen molar-refractivity contribution in [1.29, 1.82) is 0 Å². The van der Waals surface area contributed by atoms with Crippen molar-refractivity contribution < 1.29 is 4.74 Å². The summed E-state index contributed by atoms with van der Waals surface area (Å²) < 4.78 is 5.11. The number of nitrogens with one attached hydrogen (secondary N) is 2. The van der Waals surface area contributed by atoms with Gasteiger partial charge in [0.1, 0.15) is 0 Å². The van der Waals surface area contributed by atoms with Crippen molar-refractivity contribution in [1.82, 2.24) is 10.2 Å². The third-order valence-corrected chi connectivity index (χ3v) is 2.80. The van der Waals surface area contributed by atoms with E-state index in [2.05, 4.69) is 46.7 Å². The maximum Gasteiger partial charge on any atom is 0.0650 e. The molecule has 0 fully saturated rings. The first-order valence-corrected chi connectivity index (χ1v) is 6.12. The lowest BCUT2D eigenvalue weighted by Gasteiger charge is -2.12. The van der Waals surface area contributed by atoms with Gasteiger partial charge in [-0.2, -0.15) is 5.10 Å². The number of aromatic nitrogens is 2. The van der Waals surface area contributed by atoms with Crippen molar-refractivity contribution in [2.45, 2.75) is 6.92 Å². The van der Waals surface area contributed by atoms with Gasteiger partial charge in [-0.05, 0) is 29.7 Å². The highest BCUT2D eigenvalue weighted by Crippen LogP contribution is 2.18. The molecule has 2 rings (SSSR count). The Bertz CT molecular complexity index is 450. The Hall–Kier alpha value is -1.81. The van der Waals surface area contributed by atoms with Gasteiger partial charge in [-0.25, -0.2) is 0 Å². The molecule has 18 heavy (non-hydrogen) atoms. The lowest BCUT2D eigenvalue weighted by molar-refractivity contribution is 0.164. The van der Waals surface area contributed by atoms with E-state index in [4.69, 9.17) is 4.74 Å². The maximum absolute atomic E-state index is 5.11. The molecule has 0 amide bonds. The number of rotatable bonds is 6. The van der Waals surface area contributed by atoms with E-state index in [1.165, 1.54) is 0 Å². The molecular weight excluding hydrogens is 226 g/mol. The lowest BCUT2D eigenvalue weighted by Crippen LogP contribution is -2.15. The quantitative estimate of drug-likeness (QED) is 0.822. The van der Waals surface area contributed by atoms with Crippen LogP contribution in [0.25, 0.3) is 11.3 Å². The minimum atomic E-state index is 0.502. The number of aromatic amines is 1. The summed E-state index contributed by atoms with van der Waals surface area (Å²) in [5.41, 5.74) is 3.30. The second-order valence-electron chi connectivity index (χ2n) is 4.49. The molecule has 2 N–H and O–H groups in total. The molecule has 0 aliphatic carbocycles. The van der Waals surface area contributed by atoms with Gasteiger partial charge in [0.15, 0.2) is 0 Å². The van der Waals surface area contributed by atoms with Crippen LogP contribution in [0.3, 0.4) is 0 Å². The van der Waals surface area contributed by atoms with Gasteiger partial charge in [0.05, 0.1) is 12.3 Å². The van der Waals surface area contributed by atoms with Crippen molar-refractivity contribution in [3.8, 4) is 11.3 Å². The molecule has 0 bridgehead atoms. The zero-order chi connectivity index (χ0) is 12.8. The predicted octanol–water partition coefficient (Wildman–Crippen LogP) is 2.77. The minimum absolute atomic E-state index is 0.502. The summed E-state index contributed by atoms with van der Waals surface area (Å²) in [6.07, 6.45) is 1.76. The molecule has 0 saturated heterocycles. The fourth-order valence-electron chi connectivity index (χ4n) is 1.82. The van der Waals surface area contributed by atoms with Crippen LogP contribution >= 0.6 is 0 Å². The molecule has 1 atom stereocenters. The van der Waals surface area contributed by atoms with Gasteiger partial charge in [0.2, 0.25) is 0 Å². The monoisotopic (exact) mass is 245 g/mol. The Morgan fingerprint density at radius 2 is 2.06 bits per heavy atom. The molecule has 2 aromatic rings. The van der Waals surface area contributed by atoms with E-state index in [0.717, 1.165) is 30.1 Å². The number of hydrogen-bond donors (Lipinski definition) is 2. The van der Waals surface area contributed by atoms with Crippen LogP contribution in [0, 0.1) is 5.92 Å². The Kier molecular flexibility index (Phi) is 4.36. The van der Waals surface area contributed by atoms with Gasteiger partial charge < -0.3 is 10.1 Å². The van der Waals surface area contributed by atoms with Crippen LogP contribution in [0.15, 0.2) is 36.5 Å². The molecule has 0 aliphatic rings. The van der Waals surface area contributed by atoms with E-state index in [1.807, 2.05) is 6.07 Å². The van der Waals surface area contributed by atoms with Crippen LogP contribution in [0.1, 0.15) is 6.92 Å². The van der Waals surface area contributed by atoms with E-state index < -0.39 is 0 Å². The second-order valence-corrected chi connectivity index (χ2v) is 4.49. The molecule has 1 heterocycles. The minimum Gasteiger partial charge on any atom is -0.385 e. The van der Waals surface area contributed by atoms with E-state index in [0.29, 0.717) is 5.92 Å². The number of anilines is 1. The van der Waals surface area contributed by atoms with Crippen LogP contribution in [0.2, 0.25) is 0 Å². The molecule has 0 radical (unpaired) electrons. The van der Waals surface area contributed by atoms with Crippen LogP contribution in [-0.2, 0) is 4.74 Å². The molecular formula is C14H19N3O. The highest BCUT2D eigenvalue weighted by molar-refractivity contribution is 5.62. The third-order valence-electron chi connectivity index (χ3n) is 2.80. The van der Waals surface area contributed by atoms with Crippen LogP contribution in [0.5, 0.6) is 0 Å². The van der Waals surface area contributed by atoms with Gasteiger partial charge in [0.25, 0.3) is 0 Å². The van der Waals surface area contributed by atoms with Gasteiger partial charge >= 0.3 is 0 Å². The summed E-state index contributed by atoms with van der Waals surface area (Å²) in [5.74, 6) is 0.502. The van der Waals surface area contributed by atoms with Gasteiger partial charge in [-0.15, -0.1) is 0 Å². The molecule has 4 heteroatoms. The van der Waals surface area contributed by atoms with Crippen LogP contribution < -0.4 is 5.32 Å². The smallest absolute Gasteiger partial charge is 0.0650 e. The van der Waals surface area contributed by atoms with Crippen molar-refractivity contribution >= 4 is 5.69 Å². The molecule has 1 aromatic heterocycles. The van der Waals surface area contributed by atoms with E-state index in [9.17, 15) is 0 Å². The van der Waals surface area contributed by atoms with Crippen LogP contribution in [0.4, 0.5) is 5.69 Å². The SMILES string of the molecule is COCC(C)CNc1ccc(-c2ccn[nH]2)cc1. The molecule has 1 unspecified atom stereocenters. The summed E-state index contributed by atoms with van der Waals surface area (Å²) >= 11 is 0. The summed E-state index contributed by atoms with van der Waals surface area (Å²) in [7, 11) is 1.73. The lowest BCUT2D eigenvalue weighted by atomic mass is 10.1. The fraction of sp³-hybridized carbons (Fsp3) is 0.357. The van der Waals surface area contributed by atoms with Crippen molar-refractivity contribution in [3.05, 3.63) is 36.5 Å². The summed E-state index contributed by atoms with van der Waals surface area (Å²) in [4.78, 5) is 0. The van der Waals surface area contributed by atoms with Gasteiger partial charge in [-0.3, -0.25) is 5.10 Å². The number of H-pyrrole nitrogens is 1. The number of nitrogens with zero attached hydrogens (tertiary/aromatic N) is 1. The highest BCUT2D eigenvalue weighted by atomic mass is 16.5. The first-order valence-electron chi connectivity index (χ1n) is 6.12. The second kappa shape index (κ2) is 6.21. The number of hydrogen-bond acceptors (Lipinski definition) is 3. The predicted molar refractivity (Wildman–Crippen MR) is 73.6 cm³/mol. The number of ether oxygens (including phenoxy) is 1. The largest absolute Gasteiger partial charge is 0.385 e. The van der Waals surface area contributed by atoms with Crippen molar-refractivity contribution in [2.24, 2.45) is 5.92 Å². The normalized spacial score (nSPS) is 12.3. The summed E-state index contributed by atoms with van der Waals surface area (Å²) in [6.45, 7) is 3.85. The standard InChI is InChI=1S/C14H19N3O/c1-11(10-18-2)9-15-13-5-3-12(4-6-13)14-7-8-16-17-14/h3-8,11,15H,9-10H2,1-2H3,(H,16,17). The van der Waals surface area contributed by atoms with E-state index in [-0.39, 0.29) is 0 Å². The first-order chi connectivity index (χ1) is 8.79. The summed E-state index contributed by atoms with van der Waals surface area (Å²) in [5, 5.41) is 10.3. The summed E-state index contributed by atoms with van der Waals surface area (Å²) in [6, 6.07) is 10.3. The van der Waals surface area contributed by atoms with Crippen molar-refractivity contribution in [3.63, 3.8) is 0 Å². The molecule has 96 valence electrons. The number of methoxy groups -OCH3 is 1. The Morgan fingerprint density at radius 1 is 1.28 bits per heavy atom. The first kappa shape index (κ1) is 12.6. The molecule has 1 aromatic carbocycles. The fourth-order valence-corrected chi connectivity index (χ4v) is 1.82. The number of benzene rings is 1. The van der Waals surface area contributed by atoms with Gasteiger partial charge in [0, 0.05) is 25.5 Å². The zero-order valence-electron chi connectivity index (χ0n) is 10.8. The topological polar surface area (TPSA) is 49.9 Å². The maximum atomic E-state index is 5.11. The Balaban J connectivity index is 1.92. The molecule has 0 saturated carbocycles. The molecule has 0 aliphatic heterocycles. The third kappa shape index (κ3) is 3.34. The molecule has 0 spiro atoms. The van der Waals surface area contributed by atoms with E-state index >= 15 is 0 Å². The molecule has 4 nitrogen and oxygen atoms in total. The van der Waals surface area contributed by atoms with E-state index in [1.54, 1.807) is 13.3 Å².